The first-order valence-corrected chi connectivity index (χ1v) is 10.6. The number of hydrogen-bond donors (Lipinski definition) is 0. The Bertz CT molecular complexity index is 1030. The van der Waals surface area contributed by atoms with Crippen LogP contribution in [0.15, 0.2) is 58.8 Å². The van der Waals surface area contributed by atoms with E-state index in [2.05, 4.69) is 32.7 Å². The van der Waals surface area contributed by atoms with Crippen LogP contribution in [0.2, 0.25) is 0 Å². The average molecular weight is 394 g/mol. The Morgan fingerprint density at radius 3 is 2.93 bits per heavy atom. The zero-order chi connectivity index (χ0) is 19.1. The Balaban J connectivity index is 1.55. The van der Waals surface area contributed by atoms with Gasteiger partial charge in [-0.3, -0.25) is 4.79 Å². The third-order valence-electron chi connectivity index (χ3n) is 6.07. The molecule has 5 rings (SSSR count). The summed E-state index contributed by atoms with van der Waals surface area (Å²) in [4.78, 5) is 19.8. The first-order chi connectivity index (χ1) is 13.7. The van der Waals surface area contributed by atoms with Crippen molar-refractivity contribution in [2.45, 2.75) is 24.8 Å². The summed E-state index contributed by atoms with van der Waals surface area (Å²) in [6.45, 7) is 1.87. The number of fused-ring (bicyclic) bond motifs is 4. The lowest BCUT2D eigenvalue weighted by molar-refractivity contribution is 0.211. The van der Waals surface area contributed by atoms with E-state index in [9.17, 15) is 4.79 Å². The highest BCUT2D eigenvalue weighted by molar-refractivity contribution is 7.13. The van der Waals surface area contributed by atoms with E-state index in [1.165, 1.54) is 5.56 Å². The summed E-state index contributed by atoms with van der Waals surface area (Å²) in [6, 6.07) is 14.1. The monoisotopic (exact) mass is 393 g/mol. The molecule has 2 aliphatic heterocycles. The van der Waals surface area contributed by atoms with Crippen LogP contribution in [0.25, 0.3) is 0 Å². The molecule has 2 bridgehead atoms. The van der Waals surface area contributed by atoms with E-state index in [-0.39, 0.29) is 11.6 Å². The maximum absolute atomic E-state index is 12.8. The van der Waals surface area contributed by atoms with Crippen LogP contribution in [0.1, 0.15) is 29.6 Å². The molecular weight excluding hydrogens is 370 g/mol. The van der Waals surface area contributed by atoms with Crippen molar-refractivity contribution in [1.29, 1.82) is 0 Å². The van der Waals surface area contributed by atoms with Gasteiger partial charge in [-0.2, -0.15) is 0 Å². The molecule has 0 aliphatic carbocycles. The van der Waals surface area contributed by atoms with Crippen LogP contribution < -0.4 is 15.2 Å². The number of methoxy groups -OCH3 is 1. The summed E-state index contributed by atoms with van der Waals surface area (Å²) < 4.78 is 7.47. The molecule has 0 spiro atoms. The molecule has 0 saturated carbocycles. The Hall–Kier alpha value is -2.60. The van der Waals surface area contributed by atoms with E-state index in [4.69, 9.17) is 4.74 Å². The molecule has 2 aliphatic rings. The molecule has 1 saturated heterocycles. The van der Waals surface area contributed by atoms with Crippen LogP contribution >= 0.6 is 11.3 Å². The number of piperidine rings is 1. The van der Waals surface area contributed by atoms with Gasteiger partial charge in [-0.05, 0) is 42.5 Å². The molecule has 2 aromatic heterocycles. The molecule has 1 aromatic carbocycles. The van der Waals surface area contributed by atoms with Crippen LogP contribution in [-0.2, 0) is 6.42 Å². The van der Waals surface area contributed by atoms with Gasteiger partial charge in [0.25, 0.3) is 5.56 Å². The van der Waals surface area contributed by atoms with Gasteiger partial charge in [0, 0.05) is 48.4 Å². The first kappa shape index (κ1) is 17.5. The van der Waals surface area contributed by atoms with Gasteiger partial charge in [0.1, 0.15) is 5.75 Å². The summed E-state index contributed by atoms with van der Waals surface area (Å²) in [6.07, 6.45) is 3.83. The molecule has 6 heteroatoms. The van der Waals surface area contributed by atoms with Gasteiger partial charge in [-0.1, -0.05) is 18.2 Å². The van der Waals surface area contributed by atoms with Crippen molar-refractivity contribution in [1.82, 2.24) is 9.55 Å². The normalized spacial score (nSPS) is 23.3. The molecule has 0 unspecified atom stereocenters. The van der Waals surface area contributed by atoms with Gasteiger partial charge in [-0.15, -0.1) is 11.3 Å². The molecule has 0 N–H and O–H groups in total. The molecule has 5 nitrogen and oxygen atoms in total. The van der Waals surface area contributed by atoms with Crippen molar-refractivity contribution >= 4 is 16.5 Å². The maximum Gasteiger partial charge on any atom is 0.251 e. The van der Waals surface area contributed by atoms with E-state index in [1.807, 2.05) is 29.8 Å². The highest BCUT2D eigenvalue weighted by Crippen LogP contribution is 2.43. The summed E-state index contributed by atoms with van der Waals surface area (Å²) in [5.41, 5.74) is 2.48. The zero-order valence-corrected chi connectivity index (χ0v) is 16.6. The predicted molar refractivity (Wildman–Crippen MR) is 112 cm³/mol. The minimum Gasteiger partial charge on any atom is -0.497 e. The minimum atomic E-state index is 0.114. The van der Waals surface area contributed by atoms with Gasteiger partial charge >= 0.3 is 0 Å². The second-order valence-corrected chi connectivity index (χ2v) is 8.57. The molecule has 1 fully saturated rings. The molecule has 0 amide bonds. The van der Waals surface area contributed by atoms with E-state index < -0.39 is 0 Å². The van der Waals surface area contributed by atoms with Crippen LogP contribution in [0.3, 0.4) is 0 Å². The van der Waals surface area contributed by atoms with Crippen molar-refractivity contribution in [3.8, 4) is 5.75 Å². The topological polar surface area (TPSA) is 47.4 Å². The largest absolute Gasteiger partial charge is 0.497 e. The van der Waals surface area contributed by atoms with Gasteiger partial charge in [-0.25, -0.2) is 4.98 Å². The number of thiazole rings is 1. The lowest BCUT2D eigenvalue weighted by Crippen LogP contribution is -2.50. The molecule has 0 radical (unpaired) electrons. The fourth-order valence-corrected chi connectivity index (χ4v) is 5.54. The number of rotatable bonds is 4. The van der Waals surface area contributed by atoms with Gasteiger partial charge in [0.15, 0.2) is 5.13 Å². The number of aromatic nitrogens is 2. The molecule has 3 atom stereocenters. The van der Waals surface area contributed by atoms with Crippen molar-refractivity contribution in [3.05, 3.63) is 75.7 Å². The van der Waals surface area contributed by atoms with E-state index in [1.54, 1.807) is 24.5 Å². The van der Waals surface area contributed by atoms with Crippen LogP contribution in [0, 0.1) is 5.92 Å². The number of pyridine rings is 1. The van der Waals surface area contributed by atoms with Crippen molar-refractivity contribution in [2.75, 3.05) is 25.1 Å². The second-order valence-electron chi connectivity index (χ2n) is 7.69. The first-order valence-electron chi connectivity index (χ1n) is 9.72. The Morgan fingerprint density at radius 1 is 1.21 bits per heavy atom. The van der Waals surface area contributed by atoms with Crippen molar-refractivity contribution < 1.29 is 4.74 Å². The van der Waals surface area contributed by atoms with E-state index >= 15 is 0 Å². The third kappa shape index (κ3) is 3.02. The minimum absolute atomic E-state index is 0.114. The van der Waals surface area contributed by atoms with Crippen LogP contribution in [0.4, 0.5) is 5.13 Å². The van der Waals surface area contributed by atoms with E-state index in [0.717, 1.165) is 42.5 Å². The molecular formula is C22H23N3O2S. The summed E-state index contributed by atoms with van der Waals surface area (Å²) in [5.74, 6) is 1.65. The van der Waals surface area contributed by atoms with Gasteiger partial charge in [0.2, 0.25) is 0 Å². The summed E-state index contributed by atoms with van der Waals surface area (Å²) >= 11 is 1.69. The average Bonchev–Trinajstić information content (AvgIpc) is 3.26. The lowest BCUT2D eigenvalue weighted by Gasteiger charge is -2.47. The Kier molecular flexibility index (Phi) is 4.43. The summed E-state index contributed by atoms with van der Waals surface area (Å²) in [5, 5.41) is 3.12. The van der Waals surface area contributed by atoms with Gasteiger partial charge < -0.3 is 14.2 Å². The van der Waals surface area contributed by atoms with Crippen molar-refractivity contribution in [3.63, 3.8) is 0 Å². The van der Waals surface area contributed by atoms with Gasteiger partial charge in [0.05, 0.1) is 7.11 Å². The fourth-order valence-electron chi connectivity index (χ4n) is 4.87. The Labute approximate surface area is 168 Å². The summed E-state index contributed by atoms with van der Waals surface area (Å²) in [7, 11) is 1.69. The van der Waals surface area contributed by atoms with Crippen LogP contribution in [-0.4, -0.2) is 29.8 Å². The van der Waals surface area contributed by atoms with Crippen LogP contribution in [0.5, 0.6) is 5.75 Å². The molecule has 3 aromatic rings. The zero-order valence-electron chi connectivity index (χ0n) is 15.8. The maximum atomic E-state index is 12.8. The SMILES string of the molecule is COc1cccc(C[C@H]2[C@H]3C[C@H](CN(c4nccs4)C3)c3cccc(=O)n32)c1. The smallest absolute Gasteiger partial charge is 0.251 e. The quantitative estimate of drug-likeness (QED) is 0.678. The third-order valence-corrected chi connectivity index (χ3v) is 6.90. The standard InChI is InChI=1S/C22H23N3O2S/c1-27-18-5-2-4-15(10-18)11-20-17-12-16(19-6-3-7-21(26)25(19)20)13-24(14-17)22-23-8-9-28-22/h2-10,16-17,20H,11-14H2,1H3/t16-,17+,20+/m1/s1. The number of nitrogens with zero attached hydrogens (tertiary/aromatic N) is 3. The second kappa shape index (κ2) is 7.09. The van der Waals surface area contributed by atoms with Crippen molar-refractivity contribution in [2.24, 2.45) is 5.92 Å². The number of benzene rings is 1. The predicted octanol–water partition coefficient (Wildman–Crippen LogP) is 3.72. The molecule has 4 heterocycles. The lowest BCUT2D eigenvalue weighted by atomic mass is 9.77. The number of anilines is 1. The number of hydrogen-bond acceptors (Lipinski definition) is 5. The molecule has 28 heavy (non-hydrogen) atoms. The molecule has 144 valence electrons. The van der Waals surface area contributed by atoms with E-state index in [0.29, 0.717) is 11.8 Å². The highest BCUT2D eigenvalue weighted by atomic mass is 32.1. The fraction of sp³-hybridized carbons (Fsp3) is 0.364. The number of ether oxygens (including phenoxy) is 1. The highest BCUT2D eigenvalue weighted by Gasteiger charge is 2.41. The Morgan fingerprint density at radius 2 is 2.11 bits per heavy atom.